The van der Waals surface area contributed by atoms with Gasteiger partial charge in [0.15, 0.2) is 0 Å². The second-order valence-electron chi connectivity index (χ2n) is 3.63. The molecule has 0 aromatic rings. The normalized spacial score (nSPS) is 14.5. The lowest BCUT2D eigenvalue weighted by molar-refractivity contribution is 0.807. The molecule has 0 nitrogen and oxygen atoms in total. The fourth-order valence-corrected chi connectivity index (χ4v) is 2.32. The molecule has 0 rings (SSSR count). The van der Waals surface area contributed by atoms with Gasteiger partial charge in [0.1, 0.15) is 0 Å². The van der Waals surface area contributed by atoms with Crippen molar-refractivity contribution in [3.05, 3.63) is 34.2 Å². The maximum atomic E-state index is 3.81. The maximum Gasteiger partial charge on any atom is 0.0307 e. The summed E-state index contributed by atoms with van der Waals surface area (Å²) in [6, 6.07) is 0. The summed E-state index contributed by atoms with van der Waals surface area (Å²) in [5.74, 6) is 0. The molecular formula is C11H17BrS. The fraction of sp³-hybridized carbons (Fsp3) is 0.455. The summed E-state index contributed by atoms with van der Waals surface area (Å²) in [5, 5.41) is 0. The van der Waals surface area contributed by atoms with E-state index in [4.69, 9.17) is 0 Å². The zero-order valence-electron chi connectivity index (χ0n) is 8.73. The van der Waals surface area contributed by atoms with Crippen molar-refractivity contribution in [1.82, 2.24) is 0 Å². The van der Waals surface area contributed by atoms with Crippen molar-refractivity contribution in [2.75, 3.05) is 0 Å². The minimum Gasteiger partial charge on any atom is -0.119 e. The molecule has 0 aromatic carbocycles. The topological polar surface area (TPSA) is 0 Å². The molecule has 0 spiro atoms. The third-order valence-corrected chi connectivity index (χ3v) is 3.32. The molecule has 0 amide bonds. The van der Waals surface area contributed by atoms with Crippen molar-refractivity contribution in [3.63, 3.8) is 0 Å². The van der Waals surface area contributed by atoms with E-state index in [9.17, 15) is 0 Å². The molecule has 0 aliphatic carbocycles. The van der Waals surface area contributed by atoms with E-state index in [0.29, 0.717) is 0 Å². The smallest absolute Gasteiger partial charge is 0.0307 e. The Morgan fingerprint density at radius 3 is 2.23 bits per heavy atom. The lowest BCUT2D eigenvalue weighted by atomic mass is 10.3. The number of hydrogen-bond acceptors (Lipinski definition) is 1. The monoisotopic (exact) mass is 260 g/mol. The molecule has 0 aliphatic rings. The average Bonchev–Trinajstić information content (AvgIpc) is 1.99. The quantitative estimate of drug-likeness (QED) is 0.652. The molecule has 0 saturated heterocycles. The van der Waals surface area contributed by atoms with E-state index in [0.717, 1.165) is 4.48 Å². The highest BCUT2D eigenvalue weighted by atomic mass is 79.9. The molecule has 2 heteroatoms. The van der Waals surface area contributed by atoms with Crippen LogP contribution in [0.3, 0.4) is 0 Å². The van der Waals surface area contributed by atoms with E-state index in [1.807, 2.05) is 36.9 Å². The lowest BCUT2D eigenvalue weighted by Crippen LogP contribution is -2.07. The minimum atomic E-state index is 0.226. The summed E-state index contributed by atoms with van der Waals surface area (Å²) in [4.78, 5) is 1.19. The third-order valence-electron chi connectivity index (χ3n) is 1.15. The Labute approximate surface area is 94.3 Å². The second-order valence-corrected chi connectivity index (χ2v) is 6.35. The van der Waals surface area contributed by atoms with Crippen LogP contribution in [0.5, 0.6) is 0 Å². The van der Waals surface area contributed by atoms with Gasteiger partial charge in [-0.25, -0.2) is 0 Å². The van der Waals surface area contributed by atoms with Crippen molar-refractivity contribution in [2.45, 2.75) is 32.4 Å². The Balaban J connectivity index is 4.69. The van der Waals surface area contributed by atoms with Gasteiger partial charge in [0.2, 0.25) is 0 Å². The predicted octanol–water partition coefficient (Wildman–Crippen LogP) is 4.89. The largest absolute Gasteiger partial charge is 0.119 e. The highest BCUT2D eigenvalue weighted by molar-refractivity contribution is 9.12. The highest BCUT2D eigenvalue weighted by Gasteiger charge is 2.13. The highest BCUT2D eigenvalue weighted by Crippen LogP contribution is 2.35. The zero-order chi connectivity index (χ0) is 10.5. The molecule has 13 heavy (non-hydrogen) atoms. The van der Waals surface area contributed by atoms with Crippen LogP contribution in [-0.4, -0.2) is 4.75 Å². The molecule has 0 fully saturated rings. The second kappa shape index (κ2) is 5.71. The molecule has 0 saturated carbocycles. The Morgan fingerprint density at radius 1 is 1.38 bits per heavy atom. The van der Waals surface area contributed by atoms with E-state index >= 15 is 0 Å². The van der Waals surface area contributed by atoms with Crippen LogP contribution in [0.2, 0.25) is 0 Å². The number of thioether (sulfide) groups is 1. The van der Waals surface area contributed by atoms with Crippen LogP contribution in [-0.2, 0) is 0 Å². The summed E-state index contributed by atoms with van der Waals surface area (Å²) in [7, 11) is 0. The molecule has 0 aromatic heterocycles. The standard InChI is InChI=1S/C11H17BrS/c1-6-8-9(12)10(7-2)13-11(3,4)5/h6-8H,2H2,1,3-5H3/b8-6-,10-9-. The van der Waals surface area contributed by atoms with Gasteiger partial charge in [-0.05, 0) is 22.9 Å². The van der Waals surface area contributed by atoms with Crippen molar-refractivity contribution < 1.29 is 0 Å². The fourth-order valence-electron chi connectivity index (χ4n) is 0.746. The van der Waals surface area contributed by atoms with Crippen LogP contribution in [0, 0.1) is 0 Å². The van der Waals surface area contributed by atoms with Gasteiger partial charge < -0.3 is 0 Å². The molecule has 0 unspecified atom stereocenters. The Morgan fingerprint density at radius 2 is 1.92 bits per heavy atom. The Hall–Kier alpha value is 0.0500. The molecule has 0 N–H and O–H groups in total. The van der Waals surface area contributed by atoms with E-state index in [2.05, 4.69) is 43.3 Å². The van der Waals surface area contributed by atoms with Gasteiger partial charge in [0.25, 0.3) is 0 Å². The van der Waals surface area contributed by atoms with Crippen LogP contribution in [0.1, 0.15) is 27.7 Å². The van der Waals surface area contributed by atoms with Crippen molar-refractivity contribution in [1.29, 1.82) is 0 Å². The summed E-state index contributed by atoms with van der Waals surface area (Å²) >= 11 is 5.33. The van der Waals surface area contributed by atoms with E-state index in [-0.39, 0.29) is 4.75 Å². The van der Waals surface area contributed by atoms with Crippen LogP contribution < -0.4 is 0 Å². The van der Waals surface area contributed by atoms with Crippen molar-refractivity contribution in [3.8, 4) is 0 Å². The first-order valence-corrected chi connectivity index (χ1v) is 5.85. The number of halogens is 1. The van der Waals surface area contributed by atoms with Crippen LogP contribution in [0.4, 0.5) is 0 Å². The summed E-state index contributed by atoms with van der Waals surface area (Å²) < 4.78 is 1.33. The van der Waals surface area contributed by atoms with Crippen LogP contribution in [0.15, 0.2) is 34.2 Å². The molecule has 0 atom stereocenters. The SMILES string of the molecule is C=C/C(SC(C)(C)C)=C(Br)\C=C/C. The molecule has 0 radical (unpaired) electrons. The van der Waals surface area contributed by atoms with Gasteiger partial charge in [-0.2, -0.15) is 0 Å². The van der Waals surface area contributed by atoms with Crippen LogP contribution in [0.25, 0.3) is 0 Å². The van der Waals surface area contributed by atoms with Crippen LogP contribution >= 0.6 is 27.7 Å². The van der Waals surface area contributed by atoms with E-state index in [1.165, 1.54) is 4.91 Å². The van der Waals surface area contributed by atoms with Crippen molar-refractivity contribution in [2.24, 2.45) is 0 Å². The summed E-state index contributed by atoms with van der Waals surface area (Å²) in [6.07, 6.45) is 5.94. The predicted molar refractivity (Wildman–Crippen MR) is 68.3 cm³/mol. The van der Waals surface area contributed by atoms with Gasteiger partial charge in [0.05, 0.1) is 0 Å². The first-order chi connectivity index (χ1) is 5.90. The third kappa shape index (κ3) is 6.17. The first kappa shape index (κ1) is 13.1. The Bertz CT molecular complexity index is 231. The molecule has 0 bridgehead atoms. The zero-order valence-corrected chi connectivity index (χ0v) is 11.1. The minimum absolute atomic E-state index is 0.226. The molecule has 0 aliphatic heterocycles. The van der Waals surface area contributed by atoms with Gasteiger partial charge in [0, 0.05) is 14.1 Å². The van der Waals surface area contributed by atoms with Gasteiger partial charge in [-0.1, -0.05) is 45.6 Å². The van der Waals surface area contributed by atoms with Gasteiger partial charge >= 0.3 is 0 Å². The lowest BCUT2D eigenvalue weighted by Gasteiger charge is -2.18. The summed E-state index contributed by atoms with van der Waals surface area (Å²) in [5.41, 5.74) is 0. The van der Waals surface area contributed by atoms with Gasteiger partial charge in [-0.15, -0.1) is 11.8 Å². The average molecular weight is 261 g/mol. The summed E-state index contributed by atoms with van der Waals surface area (Å²) in [6.45, 7) is 12.4. The van der Waals surface area contributed by atoms with Crippen molar-refractivity contribution >= 4 is 27.7 Å². The molecule has 0 heterocycles. The molecular weight excluding hydrogens is 244 g/mol. The van der Waals surface area contributed by atoms with E-state index < -0.39 is 0 Å². The number of allylic oxidation sites excluding steroid dienone is 4. The first-order valence-electron chi connectivity index (χ1n) is 4.24. The van der Waals surface area contributed by atoms with Gasteiger partial charge in [-0.3, -0.25) is 0 Å². The van der Waals surface area contributed by atoms with E-state index in [1.54, 1.807) is 0 Å². The number of rotatable bonds is 3. The maximum absolute atomic E-state index is 3.81. The Kier molecular flexibility index (Phi) is 5.73. The molecule has 74 valence electrons. The number of hydrogen-bond donors (Lipinski definition) is 0.